The minimum absolute atomic E-state index is 0.0254. The molecular formula is C52H66N6O8Si. The van der Waals surface area contributed by atoms with Crippen molar-refractivity contribution >= 4 is 65.7 Å². The highest BCUT2D eigenvalue weighted by atomic mass is 28.3. The minimum atomic E-state index is -2.43. The number of allylic oxidation sites excluding steroid dienone is 5. The SMILES string of the molecule is Cc1ccccc1C1=C2C=CC(=NC(=O)[C@H](Cc3ccc(O)cc3)NC(=O)[C@@H](NC(=O)[C@H](CC(C)C)NC(=O)[C@H](CC(C)C)NC(=O)CCC(=O)O)C(C)C)C=C2[Si](C)(C)c2cc(N)ccc21. The maximum absolute atomic E-state index is 14.4. The van der Waals surface area contributed by atoms with E-state index in [1.54, 1.807) is 26.0 Å². The molecule has 14 nitrogen and oxygen atoms in total. The number of carbonyl (C=O) groups is 6. The highest BCUT2D eigenvalue weighted by Gasteiger charge is 2.40. The van der Waals surface area contributed by atoms with Crippen LogP contribution in [0.25, 0.3) is 5.57 Å². The molecule has 0 bridgehead atoms. The van der Waals surface area contributed by atoms with Crippen molar-refractivity contribution in [3.8, 4) is 5.75 Å². The second kappa shape index (κ2) is 22.3. The predicted octanol–water partition coefficient (Wildman–Crippen LogP) is 5.81. The van der Waals surface area contributed by atoms with Gasteiger partial charge in [0.1, 0.15) is 38.0 Å². The summed E-state index contributed by atoms with van der Waals surface area (Å²) >= 11 is 0. The third-order valence-corrected chi connectivity index (χ3v) is 15.6. The molecule has 1 heterocycles. The molecule has 67 heavy (non-hydrogen) atoms. The van der Waals surface area contributed by atoms with Crippen LogP contribution in [0.5, 0.6) is 5.75 Å². The molecule has 5 rings (SSSR count). The van der Waals surface area contributed by atoms with E-state index in [0.29, 0.717) is 17.0 Å². The summed E-state index contributed by atoms with van der Waals surface area (Å²) in [5.74, 6) is -4.78. The first-order valence-corrected chi connectivity index (χ1v) is 26.0. The third-order valence-electron chi connectivity index (χ3n) is 12.1. The van der Waals surface area contributed by atoms with E-state index < -0.39 is 80.1 Å². The van der Waals surface area contributed by atoms with Gasteiger partial charge in [-0.1, -0.05) is 103 Å². The number of carboxylic acid groups (broad SMARTS) is 1. The standard InChI is InChI=1S/C52H66N6O8Si/c1-29(2)24-40(55-45(60)22-23-46(61)62)50(64)56-41(25-30(3)4)51(65)58-48(31(5)6)52(66)57-42(26-33-14-18-36(59)19-15-33)49(63)54-35-17-21-39-44(28-35)67(8,9)43-27-34(53)16-20-38(43)47(39)37-13-11-10-12-32(37)7/h10-21,27-31,40-42,48,59H,22-26,53H2,1-9H3,(H,55,60)(H,56,64)(H,57,66)(H,58,65)(H,61,62)/t40-,41-,42-,48-/m0/s1. The average molecular weight is 931 g/mol. The number of nitrogens with two attached hydrogens (primary N) is 1. The van der Waals surface area contributed by atoms with Crippen molar-refractivity contribution in [1.29, 1.82) is 0 Å². The predicted molar refractivity (Wildman–Crippen MR) is 265 cm³/mol. The molecule has 3 aromatic carbocycles. The molecule has 3 aromatic rings. The van der Waals surface area contributed by atoms with Crippen LogP contribution in [0.3, 0.4) is 0 Å². The monoisotopic (exact) mass is 930 g/mol. The zero-order valence-corrected chi connectivity index (χ0v) is 41.0. The molecule has 0 fully saturated rings. The molecule has 0 radical (unpaired) electrons. The number of fused-ring (bicyclic) bond motifs is 2. The van der Waals surface area contributed by atoms with Gasteiger partial charge in [-0.05, 0) is 118 Å². The van der Waals surface area contributed by atoms with Crippen LogP contribution in [0.4, 0.5) is 5.69 Å². The summed E-state index contributed by atoms with van der Waals surface area (Å²) < 4.78 is 0. The second-order valence-corrected chi connectivity index (χ2v) is 23.6. The van der Waals surface area contributed by atoms with Crippen LogP contribution in [0.15, 0.2) is 101 Å². The molecule has 0 saturated carbocycles. The molecule has 0 spiro atoms. The second-order valence-electron chi connectivity index (χ2n) is 19.3. The molecular weight excluding hydrogens is 865 g/mol. The zero-order valence-electron chi connectivity index (χ0n) is 40.0. The van der Waals surface area contributed by atoms with Gasteiger partial charge in [0, 0.05) is 18.5 Å². The highest BCUT2D eigenvalue weighted by molar-refractivity contribution is 6.98. The average Bonchev–Trinajstić information content (AvgIpc) is 3.25. The quantitative estimate of drug-likeness (QED) is 0.0568. The maximum Gasteiger partial charge on any atom is 0.303 e. The molecule has 0 saturated heterocycles. The van der Waals surface area contributed by atoms with E-state index in [0.717, 1.165) is 33.0 Å². The number of rotatable bonds is 19. The lowest BCUT2D eigenvalue weighted by atomic mass is 9.87. The number of aliphatic imine (C=N–C) groups is 1. The molecule has 0 unspecified atom stereocenters. The van der Waals surface area contributed by atoms with Crippen LogP contribution >= 0.6 is 0 Å². The van der Waals surface area contributed by atoms with Crippen molar-refractivity contribution < 1.29 is 39.0 Å². The summed E-state index contributed by atoms with van der Waals surface area (Å²) in [6.07, 6.45) is 5.55. The first kappa shape index (κ1) is 51.4. The highest BCUT2D eigenvalue weighted by Crippen LogP contribution is 2.42. The Morgan fingerprint density at radius 3 is 1.94 bits per heavy atom. The number of phenols is 1. The summed E-state index contributed by atoms with van der Waals surface area (Å²) in [4.78, 5) is 84.8. The molecule has 1 aliphatic heterocycles. The third kappa shape index (κ3) is 13.3. The normalized spacial score (nSPS) is 16.4. The smallest absolute Gasteiger partial charge is 0.303 e. The van der Waals surface area contributed by atoms with Crippen molar-refractivity contribution in [1.82, 2.24) is 21.3 Å². The van der Waals surface area contributed by atoms with Crippen molar-refractivity contribution in [2.45, 2.75) is 118 Å². The molecule has 4 atom stereocenters. The van der Waals surface area contributed by atoms with Crippen LogP contribution < -0.4 is 32.2 Å². The van der Waals surface area contributed by atoms with E-state index in [-0.39, 0.29) is 43.3 Å². The van der Waals surface area contributed by atoms with Gasteiger partial charge in [-0.25, -0.2) is 4.99 Å². The van der Waals surface area contributed by atoms with Gasteiger partial charge < -0.3 is 37.2 Å². The van der Waals surface area contributed by atoms with Gasteiger partial charge in [-0.15, -0.1) is 0 Å². The van der Waals surface area contributed by atoms with Gasteiger partial charge >= 0.3 is 5.97 Å². The summed E-state index contributed by atoms with van der Waals surface area (Å²) in [5.41, 5.74) is 13.6. The Balaban J connectivity index is 1.44. The van der Waals surface area contributed by atoms with Crippen molar-refractivity contribution in [2.24, 2.45) is 22.7 Å². The zero-order chi connectivity index (χ0) is 49.3. The number of nitrogens with zero attached hydrogens (tertiary/aromatic N) is 1. The Hall–Kier alpha value is -6.61. The Labute approximate surface area is 394 Å². The number of aromatic hydroxyl groups is 1. The van der Waals surface area contributed by atoms with E-state index in [1.807, 2.05) is 64.1 Å². The van der Waals surface area contributed by atoms with Gasteiger partial charge in [-0.2, -0.15) is 0 Å². The fourth-order valence-electron chi connectivity index (χ4n) is 8.56. The summed E-state index contributed by atoms with van der Waals surface area (Å²) in [7, 11) is -2.43. The van der Waals surface area contributed by atoms with E-state index in [9.17, 15) is 33.9 Å². The lowest BCUT2D eigenvalue weighted by molar-refractivity contribution is -0.139. The first-order chi connectivity index (χ1) is 31.5. The fraction of sp³-hybridized carbons (Fsp3) is 0.404. The van der Waals surface area contributed by atoms with Crippen molar-refractivity contribution in [3.05, 3.63) is 118 Å². The molecule has 15 heteroatoms. The summed E-state index contributed by atoms with van der Waals surface area (Å²) in [6, 6.07) is 16.1. The number of carbonyl (C=O) groups excluding carboxylic acids is 5. The molecule has 0 aromatic heterocycles. The van der Waals surface area contributed by atoms with Gasteiger partial charge in [0.25, 0.3) is 5.91 Å². The number of phenolic OH excluding ortho intramolecular Hbond substituents is 1. The lowest BCUT2D eigenvalue weighted by Crippen LogP contribution is -2.59. The Morgan fingerprint density at radius 2 is 1.33 bits per heavy atom. The summed E-state index contributed by atoms with van der Waals surface area (Å²) in [6.45, 7) is 17.6. The number of nitrogens with one attached hydrogen (secondary N) is 4. The van der Waals surface area contributed by atoms with E-state index in [1.165, 1.54) is 17.3 Å². The maximum atomic E-state index is 14.4. The number of hydrogen-bond donors (Lipinski definition) is 7. The van der Waals surface area contributed by atoms with Crippen molar-refractivity contribution in [3.63, 3.8) is 0 Å². The Bertz CT molecular complexity index is 2500. The van der Waals surface area contributed by atoms with E-state index >= 15 is 0 Å². The number of nitrogen functional groups attached to an aromatic ring is 1. The van der Waals surface area contributed by atoms with Gasteiger partial charge in [0.15, 0.2) is 0 Å². The molecule has 1 aliphatic carbocycles. The van der Waals surface area contributed by atoms with Gasteiger partial charge in [-0.3, -0.25) is 28.8 Å². The van der Waals surface area contributed by atoms with E-state index in [4.69, 9.17) is 10.8 Å². The molecule has 8 N–H and O–H groups in total. The fourth-order valence-corrected chi connectivity index (χ4v) is 11.6. The summed E-state index contributed by atoms with van der Waals surface area (Å²) in [5, 5.41) is 32.4. The number of anilines is 1. The number of aryl methyl sites for hydroxylation is 1. The molecule has 5 amide bonds. The first-order valence-electron chi connectivity index (χ1n) is 23.0. The van der Waals surface area contributed by atoms with Gasteiger partial charge in [0.05, 0.1) is 12.1 Å². The Kier molecular flexibility index (Phi) is 17.1. The van der Waals surface area contributed by atoms with Crippen LogP contribution in [-0.2, 0) is 35.2 Å². The minimum Gasteiger partial charge on any atom is -0.508 e. The van der Waals surface area contributed by atoms with Crippen LogP contribution in [0.1, 0.15) is 89.5 Å². The number of carboxylic acids is 1. The van der Waals surface area contributed by atoms with Gasteiger partial charge in [0.2, 0.25) is 23.6 Å². The van der Waals surface area contributed by atoms with Crippen molar-refractivity contribution in [2.75, 3.05) is 5.73 Å². The largest absolute Gasteiger partial charge is 0.508 e. The molecule has 2 aliphatic rings. The number of hydrogen-bond acceptors (Lipinski definition) is 8. The number of benzene rings is 3. The van der Waals surface area contributed by atoms with Crippen LogP contribution in [0.2, 0.25) is 13.1 Å². The lowest BCUT2D eigenvalue weighted by Gasteiger charge is -2.38. The van der Waals surface area contributed by atoms with Crippen LogP contribution in [-0.4, -0.2) is 83.7 Å². The number of amides is 5. The Morgan fingerprint density at radius 1 is 0.716 bits per heavy atom. The van der Waals surface area contributed by atoms with Crippen LogP contribution in [0, 0.1) is 24.7 Å². The molecule has 356 valence electrons. The topological polar surface area (TPSA) is 229 Å². The number of aliphatic carboxylic acids is 1. The van der Waals surface area contributed by atoms with E-state index in [2.05, 4.69) is 70.5 Å².